The maximum atomic E-state index is 13.6. The van der Waals surface area contributed by atoms with Gasteiger partial charge >= 0.3 is 0 Å². The van der Waals surface area contributed by atoms with Gasteiger partial charge in [0.2, 0.25) is 0 Å². The van der Waals surface area contributed by atoms with Crippen LogP contribution in [0.15, 0.2) is 23.1 Å². The number of pyridine rings is 1. The number of benzene rings is 1. The Hall–Kier alpha value is -2.32. The molecule has 1 aromatic carbocycles. The maximum Gasteiger partial charge on any atom is 0.256 e. The van der Waals surface area contributed by atoms with Crippen molar-refractivity contribution in [2.75, 3.05) is 26.9 Å². The van der Waals surface area contributed by atoms with Crippen LogP contribution in [0.5, 0.6) is 0 Å². The fraction of sp³-hybridized carbons (Fsp3) is 0.417. The van der Waals surface area contributed by atoms with Crippen molar-refractivity contribution in [2.24, 2.45) is 13.0 Å². The first-order chi connectivity index (χ1) is 15.8. The van der Waals surface area contributed by atoms with E-state index in [0.29, 0.717) is 52.9 Å². The highest BCUT2D eigenvalue weighted by Gasteiger charge is 2.36. The molecule has 9 heteroatoms. The van der Waals surface area contributed by atoms with Crippen LogP contribution in [0.1, 0.15) is 38.8 Å². The van der Waals surface area contributed by atoms with Crippen LogP contribution in [-0.2, 0) is 29.5 Å². The lowest BCUT2D eigenvalue weighted by molar-refractivity contribution is -0.105. The van der Waals surface area contributed by atoms with Crippen molar-refractivity contribution in [3.63, 3.8) is 0 Å². The standard InChI is InChI=1S/C24H25Cl2N3O4/c1-12-21-14(4-6-28(21)2)17(23(30)27-12)9-29-7-5-15-18(25)8-16(20(26)19(15)24(29)31)22(32-3)13-10-33-11-13/h4,6,8,13,22H,5,7,9-11H2,1-3H3,(H,27,30). The Morgan fingerprint density at radius 1 is 1.30 bits per heavy atom. The van der Waals surface area contributed by atoms with Gasteiger partial charge in [0.15, 0.2) is 0 Å². The van der Waals surface area contributed by atoms with E-state index in [4.69, 9.17) is 32.7 Å². The number of fused-ring (bicyclic) bond motifs is 2. The predicted octanol–water partition coefficient (Wildman–Crippen LogP) is 4.01. The van der Waals surface area contributed by atoms with Crippen LogP contribution in [-0.4, -0.2) is 47.2 Å². The third kappa shape index (κ3) is 3.58. The van der Waals surface area contributed by atoms with Crippen molar-refractivity contribution in [3.05, 3.63) is 66.7 Å². The molecule has 0 spiro atoms. The smallest absolute Gasteiger partial charge is 0.256 e. The number of methoxy groups -OCH3 is 1. The normalized spacial score (nSPS) is 17.4. The van der Waals surface area contributed by atoms with E-state index in [1.165, 1.54) is 0 Å². The van der Waals surface area contributed by atoms with Crippen molar-refractivity contribution in [3.8, 4) is 0 Å². The zero-order chi connectivity index (χ0) is 23.4. The monoisotopic (exact) mass is 489 g/mol. The van der Waals surface area contributed by atoms with E-state index in [2.05, 4.69) is 4.98 Å². The number of hydrogen-bond donors (Lipinski definition) is 1. The predicted molar refractivity (Wildman–Crippen MR) is 127 cm³/mol. The van der Waals surface area contributed by atoms with Gasteiger partial charge in [-0.05, 0) is 31.0 Å². The van der Waals surface area contributed by atoms with E-state index < -0.39 is 0 Å². The molecule has 174 valence electrons. The summed E-state index contributed by atoms with van der Waals surface area (Å²) in [5.74, 6) is -0.0670. The lowest BCUT2D eigenvalue weighted by atomic mass is 9.89. The fourth-order valence-electron chi connectivity index (χ4n) is 5.03. The molecule has 33 heavy (non-hydrogen) atoms. The van der Waals surface area contributed by atoms with E-state index in [1.807, 2.05) is 36.9 Å². The lowest BCUT2D eigenvalue weighted by Crippen LogP contribution is -2.39. The molecule has 2 aromatic heterocycles. The van der Waals surface area contributed by atoms with Crippen molar-refractivity contribution in [2.45, 2.75) is 26.0 Å². The average molecular weight is 490 g/mol. The van der Waals surface area contributed by atoms with Gasteiger partial charge in [0.05, 0.1) is 42.0 Å². The number of aryl methyl sites for hydroxylation is 2. The van der Waals surface area contributed by atoms with E-state index in [0.717, 1.165) is 22.2 Å². The van der Waals surface area contributed by atoms with Gasteiger partial charge in [0.1, 0.15) is 0 Å². The quantitative estimate of drug-likeness (QED) is 0.587. The number of ether oxygens (including phenoxy) is 2. The second-order valence-electron chi connectivity index (χ2n) is 8.79. The molecule has 7 nitrogen and oxygen atoms in total. The van der Waals surface area contributed by atoms with E-state index >= 15 is 0 Å². The molecule has 1 N–H and O–H groups in total. The van der Waals surface area contributed by atoms with Crippen LogP contribution in [0.2, 0.25) is 10.0 Å². The number of aromatic amines is 1. The van der Waals surface area contributed by atoms with Crippen LogP contribution < -0.4 is 5.56 Å². The number of carbonyl (C=O) groups is 1. The number of nitrogens with one attached hydrogen (secondary N) is 1. The second kappa shape index (κ2) is 8.47. The molecule has 0 radical (unpaired) electrons. The molecule has 3 aromatic rings. The summed E-state index contributed by atoms with van der Waals surface area (Å²) in [6.07, 6.45) is 2.17. The van der Waals surface area contributed by atoms with Crippen LogP contribution in [0, 0.1) is 12.8 Å². The van der Waals surface area contributed by atoms with Gasteiger partial charge < -0.3 is 23.9 Å². The summed E-state index contributed by atoms with van der Waals surface area (Å²) in [5, 5.41) is 1.73. The Bertz CT molecular complexity index is 1330. The first-order valence-electron chi connectivity index (χ1n) is 10.9. The van der Waals surface area contributed by atoms with Crippen molar-refractivity contribution >= 4 is 40.0 Å². The van der Waals surface area contributed by atoms with Gasteiger partial charge in [-0.25, -0.2) is 0 Å². The Balaban J connectivity index is 1.54. The van der Waals surface area contributed by atoms with E-state index in [-0.39, 0.29) is 30.0 Å². The van der Waals surface area contributed by atoms with Gasteiger partial charge in [0, 0.05) is 60.0 Å². The molecule has 1 fully saturated rings. The molecule has 1 atom stereocenters. The van der Waals surface area contributed by atoms with Crippen molar-refractivity contribution < 1.29 is 14.3 Å². The highest BCUT2D eigenvalue weighted by molar-refractivity contribution is 6.37. The summed E-state index contributed by atoms with van der Waals surface area (Å²) in [6.45, 7) is 3.67. The minimum atomic E-state index is -0.305. The summed E-state index contributed by atoms with van der Waals surface area (Å²) in [6, 6.07) is 3.73. The maximum absolute atomic E-state index is 13.6. The highest BCUT2D eigenvalue weighted by atomic mass is 35.5. The number of aromatic nitrogens is 2. The molecule has 0 aliphatic carbocycles. The number of halogens is 2. The second-order valence-corrected chi connectivity index (χ2v) is 9.58. The first kappa shape index (κ1) is 22.5. The third-order valence-electron chi connectivity index (χ3n) is 6.81. The Morgan fingerprint density at radius 3 is 2.73 bits per heavy atom. The largest absolute Gasteiger partial charge is 0.380 e. The number of rotatable bonds is 5. The molecular formula is C24H25Cl2N3O4. The Kier molecular flexibility index (Phi) is 5.77. The van der Waals surface area contributed by atoms with E-state index in [9.17, 15) is 9.59 Å². The Morgan fingerprint density at radius 2 is 2.06 bits per heavy atom. The number of carbonyl (C=O) groups excluding carboxylic acids is 1. The fourth-order valence-corrected chi connectivity index (χ4v) is 5.70. The molecule has 0 bridgehead atoms. The number of hydrogen-bond acceptors (Lipinski definition) is 4. The van der Waals surface area contributed by atoms with Crippen LogP contribution in [0.3, 0.4) is 0 Å². The van der Waals surface area contributed by atoms with Crippen molar-refractivity contribution in [1.82, 2.24) is 14.5 Å². The third-order valence-corrected chi connectivity index (χ3v) is 7.55. The molecule has 1 amide bonds. The molecule has 2 aliphatic rings. The van der Waals surface area contributed by atoms with E-state index in [1.54, 1.807) is 12.0 Å². The molecule has 2 aliphatic heterocycles. The minimum absolute atomic E-state index is 0.161. The van der Waals surface area contributed by atoms with Gasteiger partial charge in [-0.1, -0.05) is 23.2 Å². The Labute approximate surface area is 201 Å². The number of amides is 1. The minimum Gasteiger partial charge on any atom is -0.380 e. The van der Waals surface area contributed by atoms with Gasteiger partial charge in [-0.2, -0.15) is 0 Å². The summed E-state index contributed by atoms with van der Waals surface area (Å²) in [4.78, 5) is 31.1. The molecule has 4 heterocycles. The molecule has 1 saturated heterocycles. The van der Waals surface area contributed by atoms with Crippen LogP contribution >= 0.6 is 23.2 Å². The first-order valence-corrected chi connectivity index (χ1v) is 11.6. The summed E-state index contributed by atoms with van der Waals surface area (Å²) in [5.41, 5.74) is 3.97. The summed E-state index contributed by atoms with van der Waals surface area (Å²) >= 11 is 13.4. The van der Waals surface area contributed by atoms with Gasteiger partial charge in [-0.15, -0.1) is 0 Å². The SMILES string of the molecule is COC(c1cc(Cl)c2c(c1Cl)C(=O)N(Cc1c(=O)[nH]c(C)c3c1ccn3C)CC2)C1COC1. The number of nitrogens with zero attached hydrogens (tertiary/aromatic N) is 2. The zero-order valence-corrected chi connectivity index (χ0v) is 20.2. The zero-order valence-electron chi connectivity index (χ0n) is 18.7. The van der Waals surface area contributed by atoms with Crippen LogP contribution in [0.25, 0.3) is 10.9 Å². The molecular weight excluding hydrogens is 465 g/mol. The average Bonchev–Trinajstić information content (AvgIpc) is 3.13. The van der Waals surface area contributed by atoms with Gasteiger partial charge in [-0.3, -0.25) is 9.59 Å². The molecule has 0 saturated carbocycles. The van der Waals surface area contributed by atoms with Gasteiger partial charge in [0.25, 0.3) is 11.5 Å². The highest BCUT2D eigenvalue weighted by Crippen LogP contribution is 2.42. The summed E-state index contributed by atoms with van der Waals surface area (Å²) in [7, 11) is 3.55. The van der Waals surface area contributed by atoms with Crippen LogP contribution in [0.4, 0.5) is 0 Å². The topological polar surface area (TPSA) is 76.6 Å². The number of H-pyrrole nitrogens is 1. The molecule has 5 rings (SSSR count). The lowest BCUT2D eigenvalue weighted by Gasteiger charge is -2.35. The summed E-state index contributed by atoms with van der Waals surface area (Å²) < 4.78 is 13.0. The molecule has 1 unspecified atom stereocenters. The van der Waals surface area contributed by atoms with Crippen molar-refractivity contribution in [1.29, 1.82) is 0 Å².